The van der Waals surface area contributed by atoms with Crippen LogP contribution in [0.25, 0.3) is 0 Å². The molecule has 0 radical (unpaired) electrons. The number of hydrogen-bond donors (Lipinski definition) is 0. The highest BCUT2D eigenvalue weighted by molar-refractivity contribution is 7.99. The summed E-state index contributed by atoms with van der Waals surface area (Å²) in [5.41, 5.74) is 0.901. The Kier molecular flexibility index (Phi) is 7.11. The SMILES string of the molecule is CCn1c(Cc2cccs2)nnc1SCC(=O)Cc1ccc(OC)c(OC)c1. The number of thiophene rings is 1. The van der Waals surface area contributed by atoms with Crippen molar-refractivity contribution in [3.63, 3.8) is 0 Å². The second-order valence-electron chi connectivity index (χ2n) is 6.09. The van der Waals surface area contributed by atoms with Crippen LogP contribution in [-0.2, 0) is 24.2 Å². The molecule has 28 heavy (non-hydrogen) atoms. The molecule has 0 bridgehead atoms. The third-order valence-electron chi connectivity index (χ3n) is 4.23. The monoisotopic (exact) mass is 417 g/mol. The second kappa shape index (κ2) is 9.75. The van der Waals surface area contributed by atoms with Gasteiger partial charge in [0.2, 0.25) is 0 Å². The summed E-state index contributed by atoms with van der Waals surface area (Å²) in [5, 5.41) is 11.5. The molecule has 3 aromatic rings. The summed E-state index contributed by atoms with van der Waals surface area (Å²) in [4.78, 5) is 13.7. The van der Waals surface area contributed by atoms with Gasteiger partial charge in [-0.15, -0.1) is 21.5 Å². The van der Waals surface area contributed by atoms with Gasteiger partial charge in [-0.3, -0.25) is 4.79 Å². The van der Waals surface area contributed by atoms with Crippen molar-refractivity contribution in [2.45, 2.75) is 31.5 Å². The highest BCUT2D eigenvalue weighted by Gasteiger charge is 2.15. The van der Waals surface area contributed by atoms with Crippen LogP contribution in [0.1, 0.15) is 23.2 Å². The second-order valence-corrected chi connectivity index (χ2v) is 8.07. The highest BCUT2D eigenvalue weighted by atomic mass is 32.2. The first-order chi connectivity index (χ1) is 13.6. The number of ketones is 1. The summed E-state index contributed by atoms with van der Waals surface area (Å²) in [7, 11) is 3.18. The van der Waals surface area contributed by atoms with Gasteiger partial charge in [0.25, 0.3) is 0 Å². The molecule has 0 spiro atoms. The molecular formula is C20H23N3O3S2. The molecule has 0 amide bonds. The number of nitrogens with zero attached hydrogens (tertiary/aromatic N) is 3. The maximum absolute atomic E-state index is 12.5. The van der Waals surface area contributed by atoms with Crippen LogP contribution in [0, 0.1) is 0 Å². The van der Waals surface area contributed by atoms with Crippen molar-refractivity contribution in [3.05, 3.63) is 52.0 Å². The van der Waals surface area contributed by atoms with Crippen molar-refractivity contribution >= 4 is 28.9 Å². The van der Waals surface area contributed by atoms with Gasteiger partial charge in [0.05, 0.1) is 20.0 Å². The van der Waals surface area contributed by atoms with Crippen LogP contribution in [0.2, 0.25) is 0 Å². The number of rotatable bonds is 10. The van der Waals surface area contributed by atoms with Gasteiger partial charge in [0.1, 0.15) is 11.6 Å². The fourth-order valence-corrected chi connectivity index (χ4v) is 4.44. The molecule has 0 unspecified atom stereocenters. The van der Waals surface area contributed by atoms with E-state index in [1.807, 2.05) is 24.3 Å². The number of ether oxygens (including phenoxy) is 2. The molecule has 8 heteroatoms. The van der Waals surface area contributed by atoms with Crippen LogP contribution in [0.15, 0.2) is 40.9 Å². The van der Waals surface area contributed by atoms with Gasteiger partial charge in [-0.05, 0) is 36.1 Å². The van der Waals surface area contributed by atoms with E-state index in [9.17, 15) is 4.79 Å². The fraction of sp³-hybridized carbons (Fsp3) is 0.350. The molecule has 1 aromatic carbocycles. The van der Waals surface area contributed by atoms with Crippen molar-refractivity contribution < 1.29 is 14.3 Å². The van der Waals surface area contributed by atoms with Crippen LogP contribution in [0.5, 0.6) is 11.5 Å². The smallest absolute Gasteiger partial charge is 0.191 e. The van der Waals surface area contributed by atoms with Crippen LogP contribution in [0.4, 0.5) is 0 Å². The minimum absolute atomic E-state index is 0.127. The number of benzene rings is 1. The molecule has 0 atom stereocenters. The van der Waals surface area contributed by atoms with E-state index in [1.54, 1.807) is 25.6 Å². The van der Waals surface area contributed by atoms with E-state index in [4.69, 9.17) is 9.47 Å². The average Bonchev–Trinajstić information content (AvgIpc) is 3.36. The molecule has 0 aliphatic heterocycles. The van der Waals surface area contributed by atoms with E-state index < -0.39 is 0 Å². The maximum atomic E-state index is 12.5. The van der Waals surface area contributed by atoms with E-state index in [2.05, 4.69) is 33.1 Å². The molecule has 148 valence electrons. The quantitative estimate of drug-likeness (QED) is 0.467. The molecule has 0 aliphatic carbocycles. The topological polar surface area (TPSA) is 66.2 Å². The lowest BCUT2D eigenvalue weighted by atomic mass is 10.1. The normalized spacial score (nSPS) is 10.8. The van der Waals surface area contributed by atoms with E-state index >= 15 is 0 Å². The fourth-order valence-electron chi connectivity index (χ4n) is 2.86. The standard InChI is InChI=1S/C20H23N3O3S2/c1-4-23-19(12-16-6-5-9-27-16)21-22-20(23)28-13-15(24)10-14-7-8-17(25-2)18(11-14)26-3/h5-9,11H,4,10,12-13H2,1-3H3. The first-order valence-electron chi connectivity index (χ1n) is 8.94. The molecule has 2 aromatic heterocycles. The molecule has 3 rings (SSSR count). The van der Waals surface area contributed by atoms with E-state index in [0.717, 1.165) is 29.5 Å². The summed E-state index contributed by atoms with van der Waals surface area (Å²) in [6.45, 7) is 2.84. The molecular weight excluding hydrogens is 394 g/mol. The minimum Gasteiger partial charge on any atom is -0.493 e. The van der Waals surface area contributed by atoms with Crippen molar-refractivity contribution in [1.29, 1.82) is 0 Å². The number of Topliss-reactive ketones (excluding diaryl/α,β-unsaturated/α-hetero) is 1. The number of carbonyl (C=O) groups excluding carboxylic acids is 1. The largest absolute Gasteiger partial charge is 0.493 e. The van der Waals surface area contributed by atoms with Gasteiger partial charge in [-0.2, -0.15) is 0 Å². The molecule has 0 saturated carbocycles. The van der Waals surface area contributed by atoms with Crippen LogP contribution < -0.4 is 9.47 Å². The Labute approximate surface area is 172 Å². The van der Waals surface area contributed by atoms with Gasteiger partial charge in [0, 0.05) is 24.3 Å². The molecule has 2 heterocycles. The zero-order valence-electron chi connectivity index (χ0n) is 16.2. The van der Waals surface area contributed by atoms with Gasteiger partial charge in [-0.1, -0.05) is 23.9 Å². The lowest BCUT2D eigenvalue weighted by Crippen LogP contribution is -2.08. The van der Waals surface area contributed by atoms with Crippen LogP contribution in [-0.4, -0.2) is 40.5 Å². The molecule has 0 aliphatic rings. The molecule has 0 saturated heterocycles. The Morgan fingerprint density at radius 1 is 1.18 bits per heavy atom. The summed E-state index contributed by atoms with van der Waals surface area (Å²) >= 11 is 3.15. The van der Waals surface area contributed by atoms with Crippen LogP contribution in [0.3, 0.4) is 0 Å². The molecule has 0 N–H and O–H groups in total. The van der Waals surface area contributed by atoms with Gasteiger partial charge in [0.15, 0.2) is 16.7 Å². The summed E-state index contributed by atoms with van der Waals surface area (Å²) in [6.07, 6.45) is 1.11. The van der Waals surface area contributed by atoms with E-state index in [-0.39, 0.29) is 5.78 Å². The van der Waals surface area contributed by atoms with Gasteiger partial charge >= 0.3 is 0 Å². The summed E-state index contributed by atoms with van der Waals surface area (Å²) < 4.78 is 12.6. The number of thioether (sulfide) groups is 1. The zero-order chi connectivity index (χ0) is 19.9. The van der Waals surface area contributed by atoms with E-state index in [1.165, 1.54) is 16.6 Å². The number of methoxy groups -OCH3 is 2. The van der Waals surface area contributed by atoms with Crippen molar-refractivity contribution in [2.75, 3.05) is 20.0 Å². The first kappa shape index (κ1) is 20.4. The van der Waals surface area contributed by atoms with Crippen LogP contribution >= 0.6 is 23.1 Å². The summed E-state index contributed by atoms with van der Waals surface area (Å²) in [5.74, 6) is 2.69. The minimum atomic E-state index is 0.127. The van der Waals surface area contributed by atoms with Gasteiger partial charge < -0.3 is 14.0 Å². The zero-order valence-corrected chi connectivity index (χ0v) is 17.8. The first-order valence-corrected chi connectivity index (χ1v) is 10.8. The lowest BCUT2D eigenvalue weighted by molar-refractivity contribution is -0.116. The van der Waals surface area contributed by atoms with E-state index in [0.29, 0.717) is 23.7 Å². The molecule has 0 fully saturated rings. The van der Waals surface area contributed by atoms with Crippen molar-refractivity contribution in [1.82, 2.24) is 14.8 Å². The maximum Gasteiger partial charge on any atom is 0.191 e. The Morgan fingerprint density at radius 2 is 2.00 bits per heavy atom. The third kappa shape index (κ3) is 4.94. The Hall–Kier alpha value is -2.32. The summed E-state index contributed by atoms with van der Waals surface area (Å²) in [6, 6.07) is 9.68. The lowest BCUT2D eigenvalue weighted by Gasteiger charge is -2.09. The predicted molar refractivity (Wildman–Crippen MR) is 112 cm³/mol. The number of carbonyl (C=O) groups is 1. The predicted octanol–water partition coefficient (Wildman–Crippen LogP) is 3.87. The Balaban J connectivity index is 1.61. The average molecular weight is 418 g/mol. The third-order valence-corrected chi connectivity index (χ3v) is 6.14. The van der Waals surface area contributed by atoms with Gasteiger partial charge in [-0.25, -0.2) is 0 Å². The Morgan fingerprint density at radius 3 is 2.68 bits per heavy atom. The number of aromatic nitrogens is 3. The molecule has 6 nitrogen and oxygen atoms in total. The highest BCUT2D eigenvalue weighted by Crippen LogP contribution is 2.28. The number of hydrogen-bond acceptors (Lipinski definition) is 7. The van der Waals surface area contributed by atoms with Crippen molar-refractivity contribution in [3.8, 4) is 11.5 Å². The Bertz CT molecular complexity index is 923. The van der Waals surface area contributed by atoms with Crippen molar-refractivity contribution in [2.24, 2.45) is 0 Å².